The molecule has 0 aliphatic rings. The van der Waals surface area contributed by atoms with Gasteiger partial charge in [-0.1, -0.05) is 5.16 Å². The van der Waals surface area contributed by atoms with Gasteiger partial charge in [0.15, 0.2) is 5.82 Å². The molecule has 0 radical (unpaired) electrons. The van der Waals surface area contributed by atoms with Crippen molar-refractivity contribution in [2.45, 2.75) is 45.6 Å². The van der Waals surface area contributed by atoms with Gasteiger partial charge in [0.05, 0.1) is 6.54 Å². The molecule has 0 aromatic carbocycles. The van der Waals surface area contributed by atoms with Gasteiger partial charge in [-0.2, -0.15) is 18.2 Å². The third-order valence-electron chi connectivity index (χ3n) is 1.78. The molecule has 8 heteroatoms. The number of nitrogens with zero attached hydrogens (tertiary/aromatic N) is 2. The Morgan fingerprint density at radius 2 is 1.94 bits per heavy atom. The molecule has 104 valence electrons. The maximum atomic E-state index is 11.8. The van der Waals surface area contributed by atoms with Crippen LogP contribution in [0.1, 0.15) is 32.5 Å². The zero-order valence-electron chi connectivity index (χ0n) is 10.5. The molecule has 1 aromatic heterocycles. The third-order valence-corrected chi connectivity index (χ3v) is 1.78. The van der Waals surface area contributed by atoms with E-state index >= 15 is 0 Å². The van der Waals surface area contributed by atoms with E-state index in [-0.39, 0.29) is 18.0 Å². The quantitative estimate of drug-likeness (QED) is 0.884. The monoisotopic (exact) mass is 267 g/mol. The largest absolute Gasteiger partial charge is 0.411 e. The zero-order valence-corrected chi connectivity index (χ0v) is 10.5. The van der Waals surface area contributed by atoms with E-state index < -0.39 is 12.8 Å². The van der Waals surface area contributed by atoms with Crippen molar-refractivity contribution < 1.29 is 22.4 Å². The normalized spacial score (nSPS) is 13.0. The highest BCUT2D eigenvalue weighted by Crippen LogP contribution is 2.15. The van der Waals surface area contributed by atoms with Crippen molar-refractivity contribution in [1.82, 2.24) is 15.5 Å². The van der Waals surface area contributed by atoms with Crippen LogP contribution in [0.3, 0.4) is 0 Å². The van der Waals surface area contributed by atoms with Crippen LogP contribution in [0.5, 0.6) is 0 Å². The molecule has 18 heavy (non-hydrogen) atoms. The van der Waals surface area contributed by atoms with Gasteiger partial charge in [-0.25, -0.2) is 0 Å². The van der Waals surface area contributed by atoms with Gasteiger partial charge in [0.25, 0.3) is 0 Å². The second-order valence-corrected chi connectivity index (χ2v) is 4.82. The highest BCUT2D eigenvalue weighted by Gasteiger charge is 2.27. The summed E-state index contributed by atoms with van der Waals surface area (Å²) in [7, 11) is 0. The molecule has 0 aliphatic heterocycles. The van der Waals surface area contributed by atoms with E-state index in [4.69, 9.17) is 4.52 Å². The lowest BCUT2D eigenvalue weighted by Crippen LogP contribution is -2.35. The summed E-state index contributed by atoms with van der Waals surface area (Å²) in [5.41, 5.74) is -0.110. The molecule has 0 unspecified atom stereocenters. The SMILES string of the molecule is CC(C)(C)NCc1nc(COCC(F)(F)F)no1. The minimum atomic E-state index is -4.35. The molecule has 5 nitrogen and oxygen atoms in total. The first kappa shape index (κ1) is 14.9. The molecule has 0 saturated carbocycles. The molecular weight excluding hydrogens is 251 g/mol. The van der Waals surface area contributed by atoms with Gasteiger partial charge in [0.1, 0.15) is 13.2 Å². The van der Waals surface area contributed by atoms with E-state index in [1.54, 1.807) is 0 Å². The Morgan fingerprint density at radius 1 is 1.28 bits per heavy atom. The minimum absolute atomic E-state index is 0.102. The Kier molecular flexibility index (Phi) is 4.69. The van der Waals surface area contributed by atoms with Crippen LogP contribution in [0, 0.1) is 0 Å². The van der Waals surface area contributed by atoms with Crippen LogP contribution in [0.4, 0.5) is 13.2 Å². The second kappa shape index (κ2) is 5.66. The lowest BCUT2D eigenvalue weighted by Gasteiger charge is -2.18. The number of ether oxygens (including phenoxy) is 1. The highest BCUT2D eigenvalue weighted by molar-refractivity contribution is 4.85. The van der Waals surface area contributed by atoms with Crippen molar-refractivity contribution in [3.05, 3.63) is 11.7 Å². The van der Waals surface area contributed by atoms with Crippen LogP contribution in [-0.2, 0) is 17.9 Å². The molecule has 1 rings (SSSR count). The average Bonchev–Trinajstić information content (AvgIpc) is 2.60. The van der Waals surface area contributed by atoms with Gasteiger partial charge in [-0.3, -0.25) is 0 Å². The van der Waals surface area contributed by atoms with Gasteiger partial charge in [-0.05, 0) is 20.8 Å². The average molecular weight is 267 g/mol. The lowest BCUT2D eigenvalue weighted by atomic mass is 10.1. The van der Waals surface area contributed by atoms with Crippen LogP contribution < -0.4 is 5.32 Å². The van der Waals surface area contributed by atoms with Crippen molar-refractivity contribution in [2.75, 3.05) is 6.61 Å². The highest BCUT2D eigenvalue weighted by atomic mass is 19.4. The first-order valence-electron chi connectivity index (χ1n) is 5.37. The summed E-state index contributed by atoms with van der Waals surface area (Å²) in [4.78, 5) is 3.90. The molecule has 0 aliphatic carbocycles. The lowest BCUT2D eigenvalue weighted by molar-refractivity contribution is -0.177. The van der Waals surface area contributed by atoms with Crippen LogP contribution in [0.25, 0.3) is 0 Å². The van der Waals surface area contributed by atoms with Crippen LogP contribution in [0.15, 0.2) is 4.52 Å². The van der Waals surface area contributed by atoms with Gasteiger partial charge >= 0.3 is 6.18 Å². The standard InChI is InChI=1S/C10H16F3N3O2/c1-9(2,3)14-4-8-15-7(16-18-8)5-17-6-10(11,12)13/h14H,4-6H2,1-3H3. The fraction of sp³-hybridized carbons (Fsp3) is 0.800. The number of halogens is 3. The summed E-state index contributed by atoms with van der Waals surface area (Å²) in [6.45, 7) is 4.62. The molecule has 1 heterocycles. The van der Waals surface area contributed by atoms with E-state index in [9.17, 15) is 13.2 Å². The van der Waals surface area contributed by atoms with E-state index in [1.165, 1.54) is 0 Å². The molecule has 1 N–H and O–H groups in total. The van der Waals surface area contributed by atoms with Crippen LogP contribution >= 0.6 is 0 Å². The van der Waals surface area contributed by atoms with Gasteiger partial charge in [-0.15, -0.1) is 0 Å². The van der Waals surface area contributed by atoms with Crippen LogP contribution in [0.2, 0.25) is 0 Å². The van der Waals surface area contributed by atoms with Gasteiger partial charge in [0, 0.05) is 5.54 Å². The first-order valence-corrected chi connectivity index (χ1v) is 5.37. The van der Waals surface area contributed by atoms with Crippen molar-refractivity contribution >= 4 is 0 Å². The topological polar surface area (TPSA) is 60.2 Å². The number of hydrogen-bond acceptors (Lipinski definition) is 5. The number of hydrogen-bond donors (Lipinski definition) is 1. The molecular formula is C10H16F3N3O2. The molecule has 1 aromatic rings. The minimum Gasteiger partial charge on any atom is -0.364 e. The predicted octanol–water partition coefficient (Wildman–Crippen LogP) is 2.04. The van der Waals surface area contributed by atoms with Crippen molar-refractivity contribution in [3.8, 4) is 0 Å². The Hall–Kier alpha value is -1.15. The van der Waals surface area contributed by atoms with Gasteiger partial charge < -0.3 is 14.6 Å². The van der Waals surface area contributed by atoms with Crippen LogP contribution in [-0.4, -0.2) is 28.5 Å². The Morgan fingerprint density at radius 3 is 2.50 bits per heavy atom. The smallest absolute Gasteiger partial charge is 0.364 e. The summed E-state index contributed by atoms with van der Waals surface area (Å²) >= 11 is 0. The number of aromatic nitrogens is 2. The van der Waals surface area contributed by atoms with Crippen molar-refractivity contribution in [3.63, 3.8) is 0 Å². The predicted molar refractivity (Wildman–Crippen MR) is 56.6 cm³/mol. The zero-order chi connectivity index (χ0) is 13.8. The molecule has 0 saturated heterocycles. The second-order valence-electron chi connectivity index (χ2n) is 4.82. The van der Waals surface area contributed by atoms with E-state index in [0.717, 1.165) is 0 Å². The summed E-state index contributed by atoms with van der Waals surface area (Å²) in [5, 5.41) is 6.63. The Labute approximate surface area is 103 Å². The molecule has 0 amide bonds. The van der Waals surface area contributed by atoms with E-state index in [1.807, 2.05) is 20.8 Å². The number of nitrogens with one attached hydrogen (secondary N) is 1. The summed E-state index contributed by atoms with van der Waals surface area (Å²) in [6, 6.07) is 0. The van der Waals surface area contributed by atoms with Crippen molar-refractivity contribution in [1.29, 1.82) is 0 Å². The maximum absolute atomic E-state index is 11.8. The van der Waals surface area contributed by atoms with Gasteiger partial charge in [0.2, 0.25) is 5.89 Å². The fourth-order valence-corrected chi connectivity index (χ4v) is 1.02. The summed E-state index contributed by atoms with van der Waals surface area (Å²) in [6.07, 6.45) is -4.35. The number of rotatable bonds is 5. The molecule has 0 atom stereocenters. The first-order chi connectivity index (χ1) is 8.16. The van der Waals surface area contributed by atoms with E-state index in [2.05, 4.69) is 20.2 Å². The summed E-state index contributed by atoms with van der Waals surface area (Å²) < 4.78 is 44.7. The number of alkyl halides is 3. The van der Waals surface area contributed by atoms with Crippen molar-refractivity contribution in [2.24, 2.45) is 0 Å². The Bertz CT molecular complexity index is 371. The molecule has 0 spiro atoms. The molecule has 0 bridgehead atoms. The maximum Gasteiger partial charge on any atom is 0.411 e. The fourth-order valence-electron chi connectivity index (χ4n) is 1.02. The summed E-state index contributed by atoms with van der Waals surface area (Å²) in [5.74, 6) is 0.417. The Balaban J connectivity index is 2.35. The third kappa shape index (κ3) is 6.55. The van der Waals surface area contributed by atoms with E-state index in [0.29, 0.717) is 12.4 Å². The molecule has 0 fully saturated rings.